The van der Waals surface area contributed by atoms with E-state index in [1.807, 2.05) is 7.05 Å². The van der Waals surface area contributed by atoms with Crippen LogP contribution in [0.5, 0.6) is 0 Å². The summed E-state index contributed by atoms with van der Waals surface area (Å²) in [6.07, 6.45) is 8.55. The molecule has 0 radical (unpaired) electrons. The predicted octanol–water partition coefficient (Wildman–Crippen LogP) is 0.725. The number of rotatable bonds is 3. The lowest BCUT2D eigenvalue weighted by Gasteiger charge is -2.32. The van der Waals surface area contributed by atoms with Crippen LogP contribution in [-0.4, -0.2) is 39.7 Å². The molecular weight excluding hydrogens is 318 g/mol. The van der Waals surface area contributed by atoms with Gasteiger partial charge in [-0.05, 0) is 19.3 Å². The summed E-state index contributed by atoms with van der Waals surface area (Å²) in [6, 6.07) is -0.477. The molecule has 0 aromatic carbocycles. The number of halogens is 1. The van der Waals surface area contributed by atoms with E-state index in [1.165, 1.54) is 0 Å². The molecule has 23 heavy (non-hydrogen) atoms. The van der Waals surface area contributed by atoms with Gasteiger partial charge in [-0.15, -0.1) is 12.4 Å². The largest absolute Gasteiger partial charge is 0.343 e. The number of hydrogen-bond acceptors (Lipinski definition) is 4. The summed E-state index contributed by atoms with van der Waals surface area (Å²) < 4.78 is 1.66. The number of nitrogens with zero attached hydrogens (tertiary/aromatic N) is 3. The van der Waals surface area contributed by atoms with Gasteiger partial charge in [0.25, 0.3) is 0 Å². The number of amides is 2. The molecule has 1 aliphatic carbocycles. The standard InChI is InChI=1S/C15H23N5O2.ClH/c1-19-10-11(9-17-19)20-8-5-12(13(20)21)18-14(22)15(16)6-3-2-4-7-15;/h9-10,12H,2-8,16H2,1H3,(H,18,22);1H. The van der Waals surface area contributed by atoms with Crippen LogP contribution in [0.4, 0.5) is 5.69 Å². The highest BCUT2D eigenvalue weighted by Gasteiger charge is 2.40. The maximum Gasteiger partial charge on any atom is 0.249 e. The van der Waals surface area contributed by atoms with E-state index < -0.39 is 11.6 Å². The smallest absolute Gasteiger partial charge is 0.249 e. The minimum absolute atomic E-state index is 0. The van der Waals surface area contributed by atoms with E-state index in [0.29, 0.717) is 25.8 Å². The highest BCUT2D eigenvalue weighted by atomic mass is 35.5. The topological polar surface area (TPSA) is 93.2 Å². The molecule has 1 saturated heterocycles. The molecule has 128 valence electrons. The normalized spacial score (nSPS) is 23.5. The van der Waals surface area contributed by atoms with Crippen molar-refractivity contribution in [3.05, 3.63) is 12.4 Å². The lowest BCUT2D eigenvalue weighted by molar-refractivity contribution is -0.131. The number of carbonyl (C=O) groups is 2. The van der Waals surface area contributed by atoms with Gasteiger partial charge in [0.05, 0.1) is 17.4 Å². The molecule has 0 spiro atoms. The molecular formula is C15H24ClN5O2. The Kier molecular flexibility index (Phi) is 5.31. The van der Waals surface area contributed by atoms with Gasteiger partial charge in [0.2, 0.25) is 11.8 Å². The highest BCUT2D eigenvalue weighted by molar-refractivity contribution is 6.02. The quantitative estimate of drug-likeness (QED) is 0.847. The summed E-state index contributed by atoms with van der Waals surface area (Å²) in [5, 5.41) is 6.94. The van der Waals surface area contributed by atoms with Crippen LogP contribution in [0.15, 0.2) is 12.4 Å². The van der Waals surface area contributed by atoms with Crippen LogP contribution in [-0.2, 0) is 16.6 Å². The molecule has 2 fully saturated rings. The lowest BCUT2D eigenvalue weighted by atomic mass is 9.81. The summed E-state index contributed by atoms with van der Waals surface area (Å²) in [5.41, 5.74) is 6.19. The van der Waals surface area contributed by atoms with Crippen LogP contribution >= 0.6 is 12.4 Å². The fourth-order valence-corrected chi connectivity index (χ4v) is 3.33. The van der Waals surface area contributed by atoms with Crippen molar-refractivity contribution in [2.45, 2.75) is 50.1 Å². The second-order valence-electron chi connectivity index (χ2n) is 6.39. The molecule has 1 unspecified atom stereocenters. The molecule has 8 heteroatoms. The highest BCUT2D eigenvalue weighted by Crippen LogP contribution is 2.27. The molecule has 3 rings (SSSR count). The maximum atomic E-state index is 12.5. The van der Waals surface area contributed by atoms with Gasteiger partial charge in [-0.25, -0.2) is 0 Å². The predicted molar refractivity (Wildman–Crippen MR) is 89.4 cm³/mol. The van der Waals surface area contributed by atoms with E-state index in [4.69, 9.17) is 5.73 Å². The van der Waals surface area contributed by atoms with Crippen molar-refractivity contribution in [1.82, 2.24) is 15.1 Å². The Morgan fingerprint density at radius 2 is 2.09 bits per heavy atom. The van der Waals surface area contributed by atoms with Crippen LogP contribution in [0, 0.1) is 0 Å². The van der Waals surface area contributed by atoms with Gasteiger partial charge in [0.1, 0.15) is 6.04 Å². The summed E-state index contributed by atoms with van der Waals surface area (Å²) in [7, 11) is 1.81. The minimum atomic E-state index is -0.805. The van der Waals surface area contributed by atoms with Gasteiger partial charge in [-0.1, -0.05) is 19.3 Å². The molecule has 2 heterocycles. The summed E-state index contributed by atoms with van der Waals surface area (Å²) >= 11 is 0. The van der Waals surface area contributed by atoms with Crippen LogP contribution in [0.1, 0.15) is 38.5 Å². The first-order valence-electron chi connectivity index (χ1n) is 7.89. The van der Waals surface area contributed by atoms with Crippen LogP contribution < -0.4 is 16.0 Å². The Balaban J connectivity index is 0.00000192. The molecule has 1 aliphatic heterocycles. The van der Waals surface area contributed by atoms with Crippen molar-refractivity contribution < 1.29 is 9.59 Å². The first-order chi connectivity index (χ1) is 10.5. The van der Waals surface area contributed by atoms with E-state index in [1.54, 1.807) is 22.0 Å². The molecule has 1 aromatic rings. The summed E-state index contributed by atoms with van der Waals surface area (Å²) in [4.78, 5) is 26.6. The van der Waals surface area contributed by atoms with Crippen LogP contribution in [0.3, 0.4) is 0 Å². The van der Waals surface area contributed by atoms with Gasteiger partial charge in [-0.3, -0.25) is 14.3 Å². The minimum Gasteiger partial charge on any atom is -0.343 e. The molecule has 1 aromatic heterocycles. The number of anilines is 1. The third-order valence-electron chi connectivity index (χ3n) is 4.71. The molecule has 2 aliphatic rings. The molecule has 1 saturated carbocycles. The fraction of sp³-hybridized carbons (Fsp3) is 0.667. The van der Waals surface area contributed by atoms with Crippen LogP contribution in [0.2, 0.25) is 0 Å². The van der Waals surface area contributed by atoms with Crippen molar-refractivity contribution in [2.75, 3.05) is 11.4 Å². The van der Waals surface area contributed by atoms with Gasteiger partial charge in [-0.2, -0.15) is 5.10 Å². The molecule has 0 bridgehead atoms. The van der Waals surface area contributed by atoms with Crippen molar-refractivity contribution in [3.63, 3.8) is 0 Å². The Morgan fingerprint density at radius 3 is 2.70 bits per heavy atom. The van der Waals surface area contributed by atoms with Gasteiger partial charge in [0.15, 0.2) is 0 Å². The van der Waals surface area contributed by atoms with E-state index in [9.17, 15) is 9.59 Å². The summed E-state index contributed by atoms with van der Waals surface area (Å²) in [5.74, 6) is -0.264. The fourth-order valence-electron chi connectivity index (χ4n) is 3.33. The van der Waals surface area contributed by atoms with Crippen molar-refractivity contribution in [3.8, 4) is 0 Å². The Bertz CT molecular complexity index is 582. The monoisotopic (exact) mass is 341 g/mol. The van der Waals surface area contributed by atoms with Gasteiger partial charge in [0, 0.05) is 19.8 Å². The van der Waals surface area contributed by atoms with E-state index in [0.717, 1.165) is 24.9 Å². The second kappa shape index (κ2) is 6.88. The third kappa shape index (κ3) is 3.50. The second-order valence-corrected chi connectivity index (χ2v) is 6.39. The first kappa shape index (κ1) is 17.7. The van der Waals surface area contributed by atoms with Crippen molar-refractivity contribution in [1.29, 1.82) is 0 Å². The average Bonchev–Trinajstić information content (AvgIpc) is 3.07. The molecule has 2 amide bonds. The number of carbonyl (C=O) groups excluding carboxylic acids is 2. The Labute approximate surface area is 142 Å². The third-order valence-corrected chi connectivity index (χ3v) is 4.71. The zero-order chi connectivity index (χ0) is 15.7. The Morgan fingerprint density at radius 1 is 1.39 bits per heavy atom. The number of hydrogen-bond donors (Lipinski definition) is 2. The first-order valence-corrected chi connectivity index (χ1v) is 7.89. The van der Waals surface area contributed by atoms with E-state index in [2.05, 4.69) is 10.4 Å². The molecule has 7 nitrogen and oxygen atoms in total. The molecule has 3 N–H and O–H groups in total. The summed E-state index contributed by atoms with van der Waals surface area (Å²) in [6.45, 7) is 0.590. The number of nitrogens with one attached hydrogen (secondary N) is 1. The van der Waals surface area contributed by atoms with E-state index >= 15 is 0 Å². The van der Waals surface area contributed by atoms with Gasteiger partial charge >= 0.3 is 0 Å². The van der Waals surface area contributed by atoms with Crippen molar-refractivity contribution >= 4 is 29.9 Å². The zero-order valence-corrected chi connectivity index (χ0v) is 14.1. The zero-order valence-electron chi connectivity index (χ0n) is 13.3. The number of aromatic nitrogens is 2. The molecule has 1 atom stereocenters. The maximum absolute atomic E-state index is 12.5. The number of nitrogens with two attached hydrogens (primary N) is 1. The van der Waals surface area contributed by atoms with Crippen LogP contribution in [0.25, 0.3) is 0 Å². The lowest BCUT2D eigenvalue weighted by Crippen LogP contribution is -2.58. The van der Waals surface area contributed by atoms with E-state index in [-0.39, 0.29) is 24.2 Å². The number of aryl methyl sites for hydroxylation is 1. The van der Waals surface area contributed by atoms with Gasteiger partial charge < -0.3 is 16.0 Å². The Hall–Kier alpha value is -1.60. The van der Waals surface area contributed by atoms with Crippen molar-refractivity contribution in [2.24, 2.45) is 12.8 Å². The average molecular weight is 342 g/mol. The SMILES string of the molecule is Cl.Cn1cc(N2CCC(NC(=O)C3(N)CCCCC3)C2=O)cn1.